The summed E-state index contributed by atoms with van der Waals surface area (Å²) in [6, 6.07) is 15.8. The normalized spacial score (nSPS) is 12.8. The maximum Gasteiger partial charge on any atom is 0.335 e. The average Bonchev–Trinajstić information content (AvgIpc) is 3.00. The van der Waals surface area contributed by atoms with Gasteiger partial charge in [0, 0.05) is 0 Å². The number of aliphatic carboxylic acids is 2. The van der Waals surface area contributed by atoms with Gasteiger partial charge in [-0.3, -0.25) is 20.4 Å². The molecule has 2 aromatic carbocycles. The van der Waals surface area contributed by atoms with E-state index in [1.54, 1.807) is 0 Å². The lowest BCUT2D eigenvalue weighted by molar-refractivity contribution is -0.165. The number of amides is 2. The van der Waals surface area contributed by atoms with Gasteiger partial charge in [-0.1, -0.05) is 93.5 Å². The van der Waals surface area contributed by atoms with Gasteiger partial charge in [0.1, 0.15) is 11.5 Å². The summed E-state index contributed by atoms with van der Waals surface area (Å²) in [4.78, 5) is 41.6. The minimum absolute atomic E-state index is 0.0682. The summed E-state index contributed by atoms with van der Waals surface area (Å²) in [5.41, 5.74) is 7.36. The molecule has 2 unspecified atom stereocenters. The molecule has 0 aromatic heterocycles. The first-order valence-corrected chi connectivity index (χ1v) is 16.0. The van der Waals surface area contributed by atoms with Crippen molar-refractivity contribution in [3.8, 4) is 11.5 Å². The number of aliphatic hydroxyl groups is 2. The van der Waals surface area contributed by atoms with Crippen LogP contribution in [0.3, 0.4) is 0 Å². The highest BCUT2D eigenvalue weighted by Crippen LogP contribution is 2.37. The van der Waals surface area contributed by atoms with E-state index in [-0.39, 0.29) is 46.7 Å². The van der Waals surface area contributed by atoms with Crippen molar-refractivity contribution in [3.05, 3.63) is 59.7 Å². The fourth-order valence-corrected chi connectivity index (χ4v) is 5.51. The van der Waals surface area contributed by atoms with E-state index in [0.29, 0.717) is 11.5 Å². The van der Waals surface area contributed by atoms with Crippen LogP contribution in [0.2, 0.25) is 0 Å². The molecule has 0 bridgehead atoms. The third-order valence-corrected chi connectivity index (χ3v) is 7.08. The van der Waals surface area contributed by atoms with Gasteiger partial charge >= 0.3 is 11.9 Å². The van der Waals surface area contributed by atoms with Crippen molar-refractivity contribution in [2.75, 3.05) is 13.2 Å². The van der Waals surface area contributed by atoms with E-state index in [9.17, 15) is 19.2 Å². The largest absolute Gasteiger partial charge is 0.484 e. The molecule has 2 rings (SSSR count). The highest BCUT2D eigenvalue weighted by Gasteiger charge is 2.30. The smallest absolute Gasteiger partial charge is 0.335 e. The van der Waals surface area contributed by atoms with Gasteiger partial charge in [-0.15, -0.1) is 0 Å². The van der Waals surface area contributed by atoms with E-state index in [0.717, 1.165) is 12.8 Å². The predicted molar refractivity (Wildman–Crippen MR) is 190 cm³/mol. The monoisotopic (exact) mass is 706 g/mol. The van der Waals surface area contributed by atoms with Crippen LogP contribution in [0.4, 0.5) is 0 Å². The number of carboxylic acids is 2. The van der Waals surface area contributed by atoms with Crippen LogP contribution in [0.15, 0.2) is 48.5 Å². The second-order valence-corrected chi connectivity index (χ2v) is 15.6. The number of ether oxygens (including phenoxy) is 2. The zero-order chi connectivity index (χ0) is 39.1. The summed E-state index contributed by atoms with van der Waals surface area (Å²) in [5, 5.41) is 32.5. The Morgan fingerprint density at radius 2 is 0.840 bits per heavy atom. The highest BCUT2D eigenvalue weighted by molar-refractivity contribution is 5.83. The zero-order valence-corrected chi connectivity index (χ0v) is 31.0. The van der Waals surface area contributed by atoms with E-state index in [4.69, 9.17) is 41.6 Å². The number of rotatable bonds is 13. The van der Waals surface area contributed by atoms with Gasteiger partial charge in [-0.05, 0) is 69.9 Å². The molecule has 2 aromatic rings. The average molecular weight is 707 g/mol. The van der Waals surface area contributed by atoms with Crippen molar-refractivity contribution in [2.24, 2.45) is 22.5 Å². The number of nitrogens with one attached hydrogen (secondary N) is 2. The molecule has 14 nitrogen and oxygen atoms in total. The fourth-order valence-electron chi connectivity index (χ4n) is 5.51. The summed E-state index contributed by atoms with van der Waals surface area (Å²) in [6.07, 6.45) is -2.35. The van der Waals surface area contributed by atoms with Crippen LogP contribution in [-0.4, -0.2) is 69.6 Å². The molecule has 2 amide bonds. The Morgan fingerprint density at radius 3 is 1.04 bits per heavy atom. The number of benzene rings is 2. The lowest BCUT2D eigenvalue weighted by atomic mass is 9.72. The van der Waals surface area contributed by atoms with Crippen molar-refractivity contribution >= 4 is 23.8 Å². The fraction of sp³-hybridized carbons (Fsp3) is 0.556. The molecule has 0 aliphatic carbocycles. The Kier molecular flexibility index (Phi) is 18.1. The zero-order valence-electron chi connectivity index (χ0n) is 31.0. The van der Waals surface area contributed by atoms with Gasteiger partial charge in [-0.2, -0.15) is 0 Å². The quantitative estimate of drug-likeness (QED) is 0.0849. The van der Waals surface area contributed by atoms with Gasteiger partial charge in [0.2, 0.25) is 0 Å². The number of hydrogen-bond acceptors (Lipinski definition) is 10. The van der Waals surface area contributed by atoms with Crippen molar-refractivity contribution in [1.82, 2.24) is 10.9 Å². The Hall–Kier alpha value is -4.24. The topological polar surface area (TPSA) is 244 Å². The summed E-state index contributed by atoms with van der Waals surface area (Å²) < 4.78 is 10.7. The maximum atomic E-state index is 11.0. The predicted octanol–water partition coefficient (Wildman–Crippen LogP) is 3.42. The van der Waals surface area contributed by atoms with Crippen molar-refractivity contribution < 1.29 is 49.1 Å². The van der Waals surface area contributed by atoms with Crippen LogP contribution in [0.5, 0.6) is 11.5 Å². The molecular formula is C36H58N4O10. The summed E-state index contributed by atoms with van der Waals surface area (Å²) in [6.45, 7) is 22.3. The van der Waals surface area contributed by atoms with E-state index < -0.39 is 24.1 Å². The van der Waals surface area contributed by atoms with Crippen molar-refractivity contribution in [2.45, 2.75) is 105 Å². The second-order valence-electron chi connectivity index (χ2n) is 15.6. The number of carbonyl (C=O) groups excluding carboxylic acids is 2. The minimum Gasteiger partial charge on any atom is -0.484 e. The Balaban J connectivity index is 0.000000764. The molecule has 10 N–H and O–H groups in total. The van der Waals surface area contributed by atoms with Gasteiger partial charge in [0.25, 0.3) is 11.8 Å². The van der Waals surface area contributed by atoms with Gasteiger partial charge in [-0.25, -0.2) is 21.3 Å². The number of aliphatic hydroxyl groups excluding tert-OH is 2. The molecule has 0 saturated carbocycles. The lowest BCUT2D eigenvalue weighted by Gasteiger charge is -2.33. The maximum absolute atomic E-state index is 11.0. The molecule has 50 heavy (non-hydrogen) atoms. The van der Waals surface area contributed by atoms with Crippen LogP contribution in [-0.2, 0) is 30.0 Å². The third kappa shape index (κ3) is 18.5. The first kappa shape index (κ1) is 45.8. The number of carbonyl (C=O) groups is 4. The molecule has 0 saturated heterocycles. The van der Waals surface area contributed by atoms with E-state index >= 15 is 0 Å². The standard InChI is InChI=1S/2C16H26N2O2.C4H6O6/c2*1-15(2,3)11-16(4,5)12-6-8-13(9-7-12)20-10-14(19)18-17;5-1(3(7)8)2(6)4(9)10/h2*6-9H,10-11,17H2,1-5H3,(H,18,19);1-2,5-6H,(H,7,8)(H,9,10). The molecule has 0 aliphatic rings. The Morgan fingerprint density at radius 1 is 0.580 bits per heavy atom. The van der Waals surface area contributed by atoms with Crippen molar-refractivity contribution in [3.63, 3.8) is 0 Å². The van der Waals surface area contributed by atoms with E-state index in [1.165, 1.54) is 11.1 Å². The number of hydrazine groups is 2. The number of nitrogens with two attached hydrogens (primary N) is 2. The molecule has 0 radical (unpaired) electrons. The van der Waals surface area contributed by atoms with Crippen LogP contribution in [0, 0.1) is 10.8 Å². The first-order chi connectivity index (χ1) is 22.7. The number of carboxylic acid groups (broad SMARTS) is 2. The van der Waals surface area contributed by atoms with Crippen LogP contribution >= 0.6 is 0 Å². The highest BCUT2D eigenvalue weighted by atomic mass is 16.5. The molecule has 2 atom stereocenters. The summed E-state index contributed by atoms with van der Waals surface area (Å²) >= 11 is 0. The van der Waals surface area contributed by atoms with Crippen molar-refractivity contribution in [1.29, 1.82) is 0 Å². The first-order valence-electron chi connectivity index (χ1n) is 16.0. The Labute approximate surface area is 295 Å². The van der Waals surface area contributed by atoms with Gasteiger partial charge in [0.15, 0.2) is 25.4 Å². The summed E-state index contributed by atoms with van der Waals surface area (Å²) in [5.74, 6) is 7.11. The minimum atomic E-state index is -2.27. The third-order valence-electron chi connectivity index (χ3n) is 7.08. The van der Waals surface area contributed by atoms with Crippen LogP contribution < -0.4 is 32.0 Å². The molecule has 0 heterocycles. The van der Waals surface area contributed by atoms with Crippen LogP contribution in [0.1, 0.15) is 93.2 Å². The second kappa shape index (κ2) is 19.8. The number of hydrogen-bond donors (Lipinski definition) is 8. The molecule has 0 aliphatic heterocycles. The molecule has 282 valence electrons. The van der Waals surface area contributed by atoms with E-state index in [2.05, 4.69) is 93.5 Å². The molecule has 0 fully saturated rings. The van der Waals surface area contributed by atoms with E-state index in [1.807, 2.05) is 35.1 Å². The Bertz CT molecular complexity index is 1260. The van der Waals surface area contributed by atoms with Gasteiger partial charge in [0.05, 0.1) is 0 Å². The van der Waals surface area contributed by atoms with Gasteiger partial charge < -0.3 is 29.9 Å². The van der Waals surface area contributed by atoms with Crippen LogP contribution in [0.25, 0.3) is 0 Å². The lowest BCUT2D eigenvalue weighted by Crippen LogP contribution is -2.39. The molecule has 14 heteroatoms. The summed E-state index contributed by atoms with van der Waals surface area (Å²) in [7, 11) is 0. The molecular weight excluding hydrogens is 648 g/mol. The molecule has 0 spiro atoms. The SMILES string of the molecule is CC(C)(C)CC(C)(C)c1ccc(OCC(=O)NN)cc1.CC(C)(C)CC(C)(C)c1ccc(OCC(=O)NN)cc1.O=C(O)C(O)C(O)C(=O)O.